The van der Waals surface area contributed by atoms with Crippen LogP contribution in [0, 0.1) is 17.7 Å². The Labute approximate surface area is 124 Å². The van der Waals surface area contributed by atoms with Gasteiger partial charge in [0.05, 0.1) is 0 Å². The smallest absolute Gasteiger partial charge is 0.124 e. The van der Waals surface area contributed by atoms with E-state index in [1.165, 1.54) is 31.7 Å². The first-order valence-electron chi connectivity index (χ1n) is 7.34. The molecule has 1 fully saturated rings. The maximum Gasteiger partial charge on any atom is 0.124 e. The van der Waals surface area contributed by atoms with Crippen LogP contribution in [0.4, 0.5) is 4.39 Å². The Morgan fingerprint density at radius 1 is 1.32 bits per heavy atom. The molecule has 0 bridgehead atoms. The van der Waals surface area contributed by atoms with Crippen molar-refractivity contribution < 1.29 is 4.39 Å². The summed E-state index contributed by atoms with van der Waals surface area (Å²) >= 11 is 3.38. The van der Waals surface area contributed by atoms with Crippen molar-refractivity contribution in [3.8, 4) is 0 Å². The van der Waals surface area contributed by atoms with Crippen molar-refractivity contribution in [3.05, 3.63) is 34.1 Å². The highest BCUT2D eigenvalue weighted by Crippen LogP contribution is 2.33. The third-order valence-corrected chi connectivity index (χ3v) is 4.60. The molecule has 1 nitrogen and oxygen atoms in total. The molecule has 1 saturated carbocycles. The highest BCUT2D eigenvalue weighted by molar-refractivity contribution is 9.10. The Morgan fingerprint density at radius 2 is 2.05 bits per heavy atom. The number of benzene rings is 1. The summed E-state index contributed by atoms with van der Waals surface area (Å²) < 4.78 is 14.3. The molecule has 19 heavy (non-hydrogen) atoms. The van der Waals surface area contributed by atoms with Gasteiger partial charge in [0.2, 0.25) is 0 Å². The van der Waals surface area contributed by atoms with Gasteiger partial charge in [0.1, 0.15) is 5.82 Å². The lowest BCUT2D eigenvalue weighted by Crippen LogP contribution is -2.28. The van der Waals surface area contributed by atoms with E-state index in [1.54, 1.807) is 6.07 Å². The van der Waals surface area contributed by atoms with Gasteiger partial charge in [-0.1, -0.05) is 48.5 Å². The van der Waals surface area contributed by atoms with Crippen molar-refractivity contribution in [2.75, 3.05) is 13.1 Å². The molecule has 0 saturated heterocycles. The molecule has 0 radical (unpaired) electrons. The first-order chi connectivity index (χ1) is 9.19. The topological polar surface area (TPSA) is 12.0 Å². The summed E-state index contributed by atoms with van der Waals surface area (Å²) in [6, 6.07) is 5.26. The second-order valence-electron chi connectivity index (χ2n) is 5.59. The summed E-state index contributed by atoms with van der Waals surface area (Å²) in [6.07, 6.45) is 6.38. The van der Waals surface area contributed by atoms with Gasteiger partial charge in [0.25, 0.3) is 0 Å². The van der Waals surface area contributed by atoms with Crippen molar-refractivity contribution in [1.29, 1.82) is 0 Å². The van der Waals surface area contributed by atoms with E-state index in [0.29, 0.717) is 5.92 Å². The lowest BCUT2D eigenvalue weighted by Gasteiger charge is -2.24. The van der Waals surface area contributed by atoms with Crippen LogP contribution in [0.15, 0.2) is 22.7 Å². The van der Waals surface area contributed by atoms with Crippen LogP contribution in [0.25, 0.3) is 0 Å². The van der Waals surface area contributed by atoms with Gasteiger partial charge in [0, 0.05) is 4.47 Å². The summed E-state index contributed by atoms with van der Waals surface area (Å²) in [4.78, 5) is 0. The van der Waals surface area contributed by atoms with Gasteiger partial charge in [-0.15, -0.1) is 0 Å². The SMILES string of the molecule is CCNCC(Cc1cc(F)cc(Br)c1)C1CCCC1. The fourth-order valence-corrected chi connectivity index (χ4v) is 3.71. The summed E-state index contributed by atoms with van der Waals surface area (Å²) in [5.74, 6) is 1.30. The molecule has 2 rings (SSSR count). The second kappa shape index (κ2) is 7.39. The van der Waals surface area contributed by atoms with E-state index in [1.807, 2.05) is 0 Å². The van der Waals surface area contributed by atoms with Crippen molar-refractivity contribution in [2.45, 2.75) is 39.0 Å². The maximum absolute atomic E-state index is 13.5. The molecule has 1 aromatic rings. The molecule has 1 aromatic carbocycles. The minimum absolute atomic E-state index is 0.141. The molecule has 0 aliphatic heterocycles. The van der Waals surface area contributed by atoms with Crippen molar-refractivity contribution in [3.63, 3.8) is 0 Å². The Hall–Kier alpha value is -0.410. The molecular formula is C16H23BrFN. The van der Waals surface area contributed by atoms with Crippen molar-refractivity contribution in [2.24, 2.45) is 11.8 Å². The molecule has 0 spiro atoms. The van der Waals surface area contributed by atoms with E-state index >= 15 is 0 Å². The second-order valence-corrected chi connectivity index (χ2v) is 6.51. The van der Waals surface area contributed by atoms with Gasteiger partial charge in [0.15, 0.2) is 0 Å². The van der Waals surface area contributed by atoms with Crippen LogP contribution < -0.4 is 5.32 Å². The molecule has 1 unspecified atom stereocenters. The molecule has 1 N–H and O–H groups in total. The predicted octanol–water partition coefficient (Wildman–Crippen LogP) is 4.55. The Morgan fingerprint density at radius 3 is 2.68 bits per heavy atom. The highest BCUT2D eigenvalue weighted by Gasteiger charge is 2.25. The molecular weight excluding hydrogens is 305 g/mol. The Balaban J connectivity index is 2.05. The van der Waals surface area contributed by atoms with Gasteiger partial charge in [-0.05, 0) is 55.1 Å². The first kappa shape index (κ1) is 15.0. The summed E-state index contributed by atoms with van der Waals surface area (Å²) in [5, 5.41) is 3.47. The van der Waals surface area contributed by atoms with E-state index < -0.39 is 0 Å². The Bertz CT molecular complexity index is 381. The monoisotopic (exact) mass is 327 g/mol. The van der Waals surface area contributed by atoms with Gasteiger partial charge in [-0.2, -0.15) is 0 Å². The number of rotatable bonds is 6. The largest absolute Gasteiger partial charge is 0.317 e. The number of halogens is 2. The minimum atomic E-state index is -0.141. The van der Waals surface area contributed by atoms with Crippen molar-refractivity contribution in [1.82, 2.24) is 5.32 Å². The van der Waals surface area contributed by atoms with E-state index in [-0.39, 0.29) is 5.82 Å². The Kier molecular flexibility index (Phi) is 5.83. The van der Waals surface area contributed by atoms with Crippen LogP contribution in [-0.2, 0) is 6.42 Å². The van der Waals surface area contributed by atoms with Gasteiger partial charge < -0.3 is 5.32 Å². The zero-order valence-electron chi connectivity index (χ0n) is 11.6. The standard InChI is InChI=1S/C16H23BrFN/c1-2-19-11-14(13-5-3-4-6-13)7-12-8-15(17)10-16(18)9-12/h8-10,13-14,19H,2-7,11H2,1H3. The third kappa shape index (κ3) is 4.57. The average Bonchev–Trinajstić information content (AvgIpc) is 2.87. The maximum atomic E-state index is 13.5. The number of hydrogen-bond donors (Lipinski definition) is 1. The van der Waals surface area contributed by atoms with E-state index in [0.717, 1.165) is 35.5 Å². The zero-order chi connectivity index (χ0) is 13.7. The third-order valence-electron chi connectivity index (χ3n) is 4.14. The molecule has 1 aliphatic carbocycles. The fourth-order valence-electron chi connectivity index (χ4n) is 3.20. The molecule has 1 aliphatic rings. The molecule has 3 heteroatoms. The van der Waals surface area contributed by atoms with E-state index in [4.69, 9.17) is 0 Å². The normalized spacial score (nSPS) is 17.8. The van der Waals surface area contributed by atoms with Crippen LogP contribution in [0.5, 0.6) is 0 Å². The number of nitrogens with one attached hydrogen (secondary N) is 1. The van der Waals surface area contributed by atoms with Crippen LogP contribution in [0.3, 0.4) is 0 Å². The van der Waals surface area contributed by atoms with Gasteiger partial charge in [-0.25, -0.2) is 4.39 Å². The molecule has 0 heterocycles. The van der Waals surface area contributed by atoms with Crippen molar-refractivity contribution >= 4 is 15.9 Å². The van der Waals surface area contributed by atoms with Crippen LogP contribution in [0.2, 0.25) is 0 Å². The van der Waals surface area contributed by atoms with Crippen LogP contribution >= 0.6 is 15.9 Å². The predicted molar refractivity (Wildman–Crippen MR) is 81.8 cm³/mol. The number of hydrogen-bond acceptors (Lipinski definition) is 1. The zero-order valence-corrected chi connectivity index (χ0v) is 13.2. The van der Waals surface area contributed by atoms with Crippen LogP contribution in [-0.4, -0.2) is 13.1 Å². The molecule has 0 amide bonds. The molecule has 106 valence electrons. The quantitative estimate of drug-likeness (QED) is 0.808. The van der Waals surface area contributed by atoms with Gasteiger partial charge >= 0.3 is 0 Å². The molecule has 0 aromatic heterocycles. The first-order valence-corrected chi connectivity index (χ1v) is 8.14. The van der Waals surface area contributed by atoms with E-state index in [9.17, 15) is 4.39 Å². The average molecular weight is 328 g/mol. The molecule has 1 atom stereocenters. The summed E-state index contributed by atoms with van der Waals surface area (Å²) in [7, 11) is 0. The summed E-state index contributed by atoms with van der Waals surface area (Å²) in [5.41, 5.74) is 1.11. The van der Waals surface area contributed by atoms with Crippen LogP contribution in [0.1, 0.15) is 38.2 Å². The fraction of sp³-hybridized carbons (Fsp3) is 0.625. The van der Waals surface area contributed by atoms with Gasteiger partial charge in [-0.3, -0.25) is 0 Å². The lowest BCUT2D eigenvalue weighted by atomic mass is 9.85. The lowest BCUT2D eigenvalue weighted by molar-refractivity contribution is 0.323. The highest BCUT2D eigenvalue weighted by atomic mass is 79.9. The van der Waals surface area contributed by atoms with E-state index in [2.05, 4.69) is 34.2 Å². The summed E-state index contributed by atoms with van der Waals surface area (Å²) in [6.45, 7) is 4.20. The minimum Gasteiger partial charge on any atom is -0.317 e.